The van der Waals surface area contributed by atoms with Crippen molar-refractivity contribution >= 4 is 11.0 Å². The third-order valence-electron chi connectivity index (χ3n) is 3.84. The number of aryl methyl sites for hydroxylation is 3. The standard InChI is InChI=1S/C18H21N3/c1-4-21-17-6-5-14(11-19)10-16(17)20-18(21)15-8-12(2)7-13(3)9-15/h5-10H,4,11,19H2,1-3H3. The monoisotopic (exact) mass is 279 g/mol. The molecule has 2 aromatic carbocycles. The minimum Gasteiger partial charge on any atom is -0.326 e. The summed E-state index contributed by atoms with van der Waals surface area (Å²) in [6.07, 6.45) is 0. The van der Waals surface area contributed by atoms with Crippen molar-refractivity contribution in [3.05, 3.63) is 53.1 Å². The van der Waals surface area contributed by atoms with Crippen molar-refractivity contribution in [2.24, 2.45) is 5.73 Å². The number of rotatable bonds is 3. The Balaban J connectivity index is 2.26. The molecule has 1 aromatic heterocycles. The topological polar surface area (TPSA) is 43.8 Å². The number of benzene rings is 2. The van der Waals surface area contributed by atoms with Gasteiger partial charge in [0.05, 0.1) is 11.0 Å². The van der Waals surface area contributed by atoms with Crippen LogP contribution in [-0.4, -0.2) is 9.55 Å². The van der Waals surface area contributed by atoms with E-state index in [1.54, 1.807) is 0 Å². The van der Waals surface area contributed by atoms with Crippen LogP contribution >= 0.6 is 0 Å². The van der Waals surface area contributed by atoms with Crippen LogP contribution in [0.5, 0.6) is 0 Å². The van der Waals surface area contributed by atoms with Gasteiger partial charge in [0, 0.05) is 18.7 Å². The number of aromatic nitrogens is 2. The van der Waals surface area contributed by atoms with E-state index in [2.05, 4.69) is 61.7 Å². The number of fused-ring (bicyclic) bond motifs is 1. The van der Waals surface area contributed by atoms with Crippen LogP contribution in [0, 0.1) is 13.8 Å². The molecule has 0 spiro atoms. The number of hydrogen-bond acceptors (Lipinski definition) is 2. The van der Waals surface area contributed by atoms with E-state index in [0.29, 0.717) is 6.54 Å². The Morgan fingerprint density at radius 2 is 1.76 bits per heavy atom. The van der Waals surface area contributed by atoms with Crippen LogP contribution in [0.4, 0.5) is 0 Å². The predicted molar refractivity (Wildman–Crippen MR) is 88.2 cm³/mol. The maximum atomic E-state index is 5.73. The summed E-state index contributed by atoms with van der Waals surface area (Å²) in [5.74, 6) is 1.04. The van der Waals surface area contributed by atoms with Gasteiger partial charge in [-0.25, -0.2) is 4.98 Å². The lowest BCUT2D eigenvalue weighted by molar-refractivity contribution is 0.796. The van der Waals surface area contributed by atoms with E-state index in [9.17, 15) is 0 Å². The summed E-state index contributed by atoms with van der Waals surface area (Å²) in [5, 5.41) is 0. The first-order valence-electron chi connectivity index (χ1n) is 7.40. The number of imidazole rings is 1. The van der Waals surface area contributed by atoms with E-state index in [1.165, 1.54) is 22.2 Å². The van der Waals surface area contributed by atoms with Gasteiger partial charge in [-0.1, -0.05) is 23.3 Å². The molecule has 0 saturated heterocycles. The Morgan fingerprint density at radius 3 is 2.38 bits per heavy atom. The van der Waals surface area contributed by atoms with Crippen molar-refractivity contribution in [3.63, 3.8) is 0 Å². The average molecular weight is 279 g/mol. The van der Waals surface area contributed by atoms with Crippen molar-refractivity contribution in [2.75, 3.05) is 0 Å². The molecule has 1 heterocycles. The van der Waals surface area contributed by atoms with Crippen LogP contribution in [0.25, 0.3) is 22.4 Å². The van der Waals surface area contributed by atoms with Crippen molar-refractivity contribution in [1.29, 1.82) is 0 Å². The smallest absolute Gasteiger partial charge is 0.141 e. The van der Waals surface area contributed by atoms with E-state index in [1.807, 2.05) is 0 Å². The van der Waals surface area contributed by atoms with E-state index >= 15 is 0 Å². The summed E-state index contributed by atoms with van der Waals surface area (Å²) in [4.78, 5) is 4.85. The van der Waals surface area contributed by atoms with E-state index in [-0.39, 0.29) is 0 Å². The summed E-state index contributed by atoms with van der Waals surface area (Å²) in [7, 11) is 0. The van der Waals surface area contributed by atoms with Gasteiger partial charge in [-0.05, 0) is 50.6 Å². The molecular weight excluding hydrogens is 258 g/mol. The molecule has 3 nitrogen and oxygen atoms in total. The Bertz CT molecular complexity index is 779. The number of nitrogens with two attached hydrogens (primary N) is 1. The summed E-state index contributed by atoms with van der Waals surface area (Å²) in [6, 6.07) is 12.9. The highest BCUT2D eigenvalue weighted by Crippen LogP contribution is 2.27. The van der Waals surface area contributed by atoms with Crippen LogP contribution < -0.4 is 5.73 Å². The zero-order valence-electron chi connectivity index (χ0n) is 12.9. The molecule has 3 aromatic rings. The zero-order chi connectivity index (χ0) is 15.0. The molecule has 0 fully saturated rings. The average Bonchev–Trinajstić information content (AvgIpc) is 2.83. The molecule has 21 heavy (non-hydrogen) atoms. The number of hydrogen-bond donors (Lipinski definition) is 1. The minimum atomic E-state index is 0.549. The quantitative estimate of drug-likeness (QED) is 0.792. The van der Waals surface area contributed by atoms with Gasteiger partial charge in [0.1, 0.15) is 5.82 Å². The molecule has 108 valence electrons. The largest absolute Gasteiger partial charge is 0.326 e. The molecule has 0 aliphatic rings. The molecule has 0 unspecified atom stereocenters. The van der Waals surface area contributed by atoms with Gasteiger partial charge in [-0.15, -0.1) is 0 Å². The SMILES string of the molecule is CCn1c(-c2cc(C)cc(C)c2)nc2cc(CN)ccc21. The summed E-state index contributed by atoms with van der Waals surface area (Å²) in [5.41, 5.74) is 12.8. The van der Waals surface area contributed by atoms with Crippen molar-refractivity contribution < 1.29 is 0 Å². The summed E-state index contributed by atoms with van der Waals surface area (Å²) >= 11 is 0. The fourth-order valence-electron chi connectivity index (χ4n) is 2.95. The lowest BCUT2D eigenvalue weighted by Gasteiger charge is -2.08. The van der Waals surface area contributed by atoms with Gasteiger partial charge >= 0.3 is 0 Å². The molecule has 0 aliphatic heterocycles. The highest BCUT2D eigenvalue weighted by atomic mass is 15.1. The van der Waals surface area contributed by atoms with E-state index in [0.717, 1.165) is 23.4 Å². The zero-order valence-corrected chi connectivity index (χ0v) is 12.9. The first kappa shape index (κ1) is 13.8. The highest BCUT2D eigenvalue weighted by Gasteiger charge is 2.12. The van der Waals surface area contributed by atoms with Crippen LogP contribution in [0.15, 0.2) is 36.4 Å². The Labute approximate surface area is 125 Å². The molecule has 3 heteroatoms. The first-order valence-corrected chi connectivity index (χ1v) is 7.40. The molecular formula is C18H21N3. The molecule has 0 bridgehead atoms. The van der Waals surface area contributed by atoms with Gasteiger partial charge in [-0.2, -0.15) is 0 Å². The minimum absolute atomic E-state index is 0.549. The molecule has 0 radical (unpaired) electrons. The Morgan fingerprint density at radius 1 is 1.05 bits per heavy atom. The Kier molecular flexibility index (Phi) is 3.52. The van der Waals surface area contributed by atoms with Crippen molar-refractivity contribution in [3.8, 4) is 11.4 Å². The normalized spacial score (nSPS) is 11.2. The van der Waals surface area contributed by atoms with Gasteiger partial charge in [0.15, 0.2) is 0 Å². The molecule has 2 N–H and O–H groups in total. The fourth-order valence-corrected chi connectivity index (χ4v) is 2.95. The molecule has 0 amide bonds. The second kappa shape index (κ2) is 5.34. The lowest BCUT2D eigenvalue weighted by atomic mass is 10.1. The third kappa shape index (κ3) is 2.45. The molecule has 0 atom stereocenters. The van der Waals surface area contributed by atoms with E-state index < -0.39 is 0 Å². The molecule has 0 aliphatic carbocycles. The van der Waals surface area contributed by atoms with Crippen LogP contribution in [0.1, 0.15) is 23.6 Å². The predicted octanol–water partition coefficient (Wildman–Crippen LogP) is 3.80. The molecule has 3 rings (SSSR count). The van der Waals surface area contributed by atoms with Crippen molar-refractivity contribution in [1.82, 2.24) is 9.55 Å². The van der Waals surface area contributed by atoms with Gasteiger partial charge in [-0.3, -0.25) is 0 Å². The maximum absolute atomic E-state index is 5.73. The Hall–Kier alpha value is -2.13. The van der Waals surface area contributed by atoms with Crippen LogP contribution in [0.3, 0.4) is 0 Å². The fraction of sp³-hybridized carbons (Fsp3) is 0.278. The van der Waals surface area contributed by atoms with Gasteiger partial charge < -0.3 is 10.3 Å². The number of nitrogens with zero attached hydrogens (tertiary/aromatic N) is 2. The first-order chi connectivity index (χ1) is 10.1. The van der Waals surface area contributed by atoms with Crippen molar-refractivity contribution in [2.45, 2.75) is 33.9 Å². The summed E-state index contributed by atoms with van der Waals surface area (Å²) < 4.78 is 2.27. The highest BCUT2D eigenvalue weighted by molar-refractivity contribution is 5.81. The second-order valence-corrected chi connectivity index (χ2v) is 5.58. The lowest BCUT2D eigenvalue weighted by Crippen LogP contribution is -1.98. The third-order valence-corrected chi connectivity index (χ3v) is 3.84. The van der Waals surface area contributed by atoms with E-state index in [4.69, 9.17) is 10.7 Å². The maximum Gasteiger partial charge on any atom is 0.141 e. The van der Waals surface area contributed by atoms with Gasteiger partial charge in [0.2, 0.25) is 0 Å². The van der Waals surface area contributed by atoms with Gasteiger partial charge in [0.25, 0.3) is 0 Å². The van der Waals surface area contributed by atoms with Crippen LogP contribution in [-0.2, 0) is 13.1 Å². The molecule has 0 saturated carbocycles. The summed E-state index contributed by atoms with van der Waals surface area (Å²) in [6.45, 7) is 7.86. The second-order valence-electron chi connectivity index (χ2n) is 5.58. The van der Waals surface area contributed by atoms with Crippen LogP contribution in [0.2, 0.25) is 0 Å².